The van der Waals surface area contributed by atoms with E-state index in [2.05, 4.69) is 11.1 Å². The molecule has 1 aromatic rings. The van der Waals surface area contributed by atoms with Crippen LogP contribution in [0.3, 0.4) is 0 Å². The predicted molar refractivity (Wildman–Crippen MR) is 81.4 cm³/mol. The number of hydrogen-bond acceptors (Lipinski definition) is 6. The molecule has 0 N–H and O–H groups in total. The van der Waals surface area contributed by atoms with E-state index in [4.69, 9.17) is 14.7 Å². The first-order valence-electron chi connectivity index (χ1n) is 7.50. The van der Waals surface area contributed by atoms with Gasteiger partial charge in [-0.05, 0) is 43.4 Å². The van der Waals surface area contributed by atoms with Gasteiger partial charge in [0.1, 0.15) is 0 Å². The third kappa shape index (κ3) is 3.04. The second-order valence-electron chi connectivity index (χ2n) is 5.77. The summed E-state index contributed by atoms with van der Waals surface area (Å²) in [4.78, 5) is 29.0. The lowest BCUT2D eigenvalue weighted by Gasteiger charge is -2.22. The SMILES string of the molecule is COC(=O)C1(C(=O)OC)Cc2cc(CCCC#N)nc(C)c2C1. The van der Waals surface area contributed by atoms with Gasteiger partial charge in [0, 0.05) is 24.2 Å². The van der Waals surface area contributed by atoms with E-state index in [-0.39, 0.29) is 12.8 Å². The van der Waals surface area contributed by atoms with E-state index in [9.17, 15) is 9.59 Å². The highest BCUT2D eigenvalue weighted by molar-refractivity contribution is 6.01. The molecule has 0 atom stereocenters. The number of carbonyl (C=O) groups is 2. The Morgan fingerprint density at radius 2 is 1.96 bits per heavy atom. The number of nitriles is 1. The molecule has 0 aliphatic heterocycles. The van der Waals surface area contributed by atoms with Crippen molar-refractivity contribution in [1.29, 1.82) is 5.26 Å². The van der Waals surface area contributed by atoms with Crippen molar-refractivity contribution in [3.63, 3.8) is 0 Å². The van der Waals surface area contributed by atoms with Gasteiger partial charge < -0.3 is 9.47 Å². The molecule has 0 amide bonds. The number of aromatic nitrogens is 1. The standard InChI is InChI=1S/C17H20N2O4/c1-11-14-10-17(15(20)22-2,16(21)23-3)9-12(14)8-13(19-11)6-4-5-7-18/h8H,4-6,9-10H2,1-3H3. The average Bonchev–Trinajstić information content (AvgIpc) is 2.95. The van der Waals surface area contributed by atoms with Crippen LogP contribution in [0.25, 0.3) is 0 Å². The molecule has 23 heavy (non-hydrogen) atoms. The van der Waals surface area contributed by atoms with Crippen molar-refractivity contribution < 1.29 is 19.1 Å². The minimum atomic E-state index is -1.32. The van der Waals surface area contributed by atoms with Crippen molar-refractivity contribution in [2.24, 2.45) is 5.41 Å². The first-order chi connectivity index (χ1) is 11.0. The number of methoxy groups -OCH3 is 2. The molecule has 0 radical (unpaired) electrons. The largest absolute Gasteiger partial charge is 0.468 e. The van der Waals surface area contributed by atoms with Gasteiger partial charge in [-0.25, -0.2) is 0 Å². The molecule has 122 valence electrons. The molecular weight excluding hydrogens is 296 g/mol. The summed E-state index contributed by atoms with van der Waals surface area (Å²) < 4.78 is 9.69. The average molecular weight is 316 g/mol. The third-order valence-corrected chi connectivity index (χ3v) is 4.32. The normalized spacial score (nSPS) is 14.7. The number of ether oxygens (including phenoxy) is 2. The Morgan fingerprint density at radius 3 is 2.52 bits per heavy atom. The molecule has 1 heterocycles. The van der Waals surface area contributed by atoms with Crippen molar-refractivity contribution in [1.82, 2.24) is 4.98 Å². The highest BCUT2D eigenvalue weighted by Crippen LogP contribution is 2.40. The fraction of sp³-hybridized carbons (Fsp3) is 0.529. The van der Waals surface area contributed by atoms with Gasteiger partial charge in [-0.1, -0.05) is 0 Å². The van der Waals surface area contributed by atoms with Crippen LogP contribution in [0.1, 0.15) is 35.4 Å². The summed E-state index contributed by atoms with van der Waals surface area (Å²) >= 11 is 0. The highest BCUT2D eigenvalue weighted by Gasteiger charge is 2.53. The Bertz CT molecular complexity index is 660. The van der Waals surface area contributed by atoms with Crippen molar-refractivity contribution in [2.75, 3.05) is 14.2 Å². The molecule has 0 spiro atoms. The van der Waals surface area contributed by atoms with Gasteiger partial charge in [-0.3, -0.25) is 14.6 Å². The summed E-state index contributed by atoms with van der Waals surface area (Å²) in [5.74, 6) is -1.16. The first kappa shape index (κ1) is 16.9. The topological polar surface area (TPSA) is 89.3 Å². The first-order valence-corrected chi connectivity index (χ1v) is 7.50. The van der Waals surface area contributed by atoms with Gasteiger partial charge in [0.25, 0.3) is 0 Å². The van der Waals surface area contributed by atoms with E-state index >= 15 is 0 Å². The minimum absolute atomic E-state index is 0.249. The number of fused-ring (bicyclic) bond motifs is 1. The Kier molecular flexibility index (Phi) is 4.99. The maximum Gasteiger partial charge on any atom is 0.323 e. The molecule has 2 rings (SSSR count). The molecule has 6 heteroatoms. The lowest BCUT2D eigenvalue weighted by molar-refractivity contribution is -0.168. The molecule has 1 aliphatic rings. The number of esters is 2. The lowest BCUT2D eigenvalue weighted by atomic mass is 9.84. The van der Waals surface area contributed by atoms with Crippen LogP contribution >= 0.6 is 0 Å². The van der Waals surface area contributed by atoms with E-state index < -0.39 is 17.4 Å². The number of aryl methyl sites for hydroxylation is 2. The number of nitrogens with zero attached hydrogens (tertiary/aromatic N) is 2. The van der Waals surface area contributed by atoms with Crippen molar-refractivity contribution in [3.05, 3.63) is 28.6 Å². The van der Waals surface area contributed by atoms with E-state index in [1.54, 1.807) is 0 Å². The van der Waals surface area contributed by atoms with Crippen LogP contribution in [0.15, 0.2) is 6.07 Å². The van der Waals surface area contributed by atoms with Crippen LogP contribution in [0.2, 0.25) is 0 Å². The molecule has 0 unspecified atom stereocenters. The number of pyridine rings is 1. The summed E-state index contributed by atoms with van der Waals surface area (Å²) in [7, 11) is 2.54. The van der Waals surface area contributed by atoms with Gasteiger partial charge in [0.2, 0.25) is 0 Å². The molecule has 1 aliphatic carbocycles. The predicted octanol–water partition coefficient (Wildman–Crippen LogP) is 1.67. The molecule has 0 fully saturated rings. The minimum Gasteiger partial charge on any atom is -0.468 e. The maximum absolute atomic E-state index is 12.2. The Labute approximate surface area is 135 Å². The Hall–Kier alpha value is -2.42. The van der Waals surface area contributed by atoms with Gasteiger partial charge >= 0.3 is 11.9 Å². The second-order valence-corrected chi connectivity index (χ2v) is 5.77. The summed E-state index contributed by atoms with van der Waals surface area (Å²) in [5.41, 5.74) is 2.21. The zero-order valence-corrected chi connectivity index (χ0v) is 13.6. The van der Waals surface area contributed by atoms with Crippen molar-refractivity contribution in [2.45, 2.75) is 39.0 Å². The van der Waals surface area contributed by atoms with Crippen LogP contribution in [-0.4, -0.2) is 31.1 Å². The Balaban J connectivity index is 2.35. The van der Waals surface area contributed by atoms with Crippen LogP contribution < -0.4 is 0 Å². The van der Waals surface area contributed by atoms with Gasteiger partial charge in [-0.15, -0.1) is 0 Å². The fourth-order valence-corrected chi connectivity index (χ4v) is 3.16. The number of rotatable bonds is 5. The van der Waals surface area contributed by atoms with Crippen LogP contribution in [0.4, 0.5) is 0 Å². The molecule has 1 aromatic heterocycles. The third-order valence-electron chi connectivity index (χ3n) is 4.32. The van der Waals surface area contributed by atoms with Gasteiger partial charge in [-0.2, -0.15) is 5.26 Å². The lowest BCUT2D eigenvalue weighted by Crippen LogP contribution is -2.42. The fourth-order valence-electron chi connectivity index (χ4n) is 3.16. The van der Waals surface area contributed by atoms with Crippen LogP contribution in [-0.2, 0) is 38.3 Å². The van der Waals surface area contributed by atoms with Crippen molar-refractivity contribution in [3.8, 4) is 6.07 Å². The number of carbonyl (C=O) groups excluding carboxylic acids is 2. The summed E-state index contributed by atoms with van der Waals surface area (Å²) in [6.45, 7) is 1.87. The summed E-state index contributed by atoms with van der Waals surface area (Å²) in [6.07, 6.45) is 2.42. The molecule has 0 bridgehead atoms. The van der Waals surface area contributed by atoms with E-state index in [1.807, 2.05) is 13.0 Å². The molecular formula is C17H20N2O4. The van der Waals surface area contributed by atoms with E-state index in [0.717, 1.165) is 28.9 Å². The zero-order chi connectivity index (χ0) is 17.0. The highest BCUT2D eigenvalue weighted by atomic mass is 16.5. The number of hydrogen-bond donors (Lipinski definition) is 0. The van der Waals surface area contributed by atoms with Gasteiger partial charge in [0.15, 0.2) is 5.41 Å². The van der Waals surface area contributed by atoms with Crippen molar-refractivity contribution >= 4 is 11.9 Å². The van der Waals surface area contributed by atoms with Gasteiger partial charge in [0.05, 0.1) is 20.3 Å². The van der Waals surface area contributed by atoms with E-state index in [1.165, 1.54) is 14.2 Å². The number of unbranched alkanes of at least 4 members (excludes halogenated alkanes) is 1. The smallest absolute Gasteiger partial charge is 0.323 e. The summed E-state index contributed by atoms with van der Waals surface area (Å²) in [6, 6.07) is 4.04. The quantitative estimate of drug-likeness (QED) is 0.466. The maximum atomic E-state index is 12.2. The van der Waals surface area contributed by atoms with E-state index in [0.29, 0.717) is 12.8 Å². The molecule has 0 aromatic carbocycles. The second kappa shape index (κ2) is 6.78. The zero-order valence-electron chi connectivity index (χ0n) is 13.6. The Morgan fingerprint density at radius 1 is 1.30 bits per heavy atom. The molecule has 6 nitrogen and oxygen atoms in total. The molecule has 0 saturated carbocycles. The van der Waals surface area contributed by atoms with Crippen LogP contribution in [0.5, 0.6) is 0 Å². The summed E-state index contributed by atoms with van der Waals surface area (Å²) in [5, 5.41) is 8.63. The molecule has 0 saturated heterocycles. The monoisotopic (exact) mass is 316 g/mol. The van der Waals surface area contributed by atoms with Crippen LogP contribution in [0, 0.1) is 23.7 Å².